The van der Waals surface area contributed by atoms with E-state index in [-0.39, 0.29) is 0 Å². The van der Waals surface area contributed by atoms with E-state index in [1.54, 1.807) is 11.3 Å². The van der Waals surface area contributed by atoms with E-state index in [1.807, 2.05) is 97.1 Å². The lowest BCUT2D eigenvalue weighted by Crippen LogP contribution is -2.00. The van der Waals surface area contributed by atoms with Gasteiger partial charge in [-0.2, -0.15) is 0 Å². The zero-order valence-corrected chi connectivity index (χ0v) is 30.6. The molecule has 0 atom stereocenters. The molecule has 56 heavy (non-hydrogen) atoms. The van der Waals surface area contributed by atoms with E-state index < -0.39 is 0 Å². The van der Waals surface area contributed by atoms with Crippen LogP contribution in [0.1, 0.15) is 0 Å². The Hall–Kier alpha value is -7.35. The summed E-state index contributed by atoms with van der Waals surface area (Å²) in [6.07, 6.45) is 0. The van der Waals surface area contributed by atoms with Crippen LogP contribution in [0.15, 0.2) is 180 Å². The summed E-state index contributed by atoms with van der Waals surface area (Å²) in [5.74, 6) is 2.61. The molecule has 0 saturated carbocycles. The molecule has 11 rings (SSSR count). The second-order valence-corrected chi connectivity index (χ2v) is 14.7. The van der Waals surface area contributed by atoms with E-state index in [0.29, 0.717) is 28.9 Å². The van der Waals surface area contributed by atoms with Crippen molar-refractivity contribution in [2.24, 2.45) is 0 Å². The summed E-state index contributed by atoms with van der Waals surface area (Å²) in [6.45, 7) is 0. The fourth-order valence-corrected chi connectivity index (χ4v) is 8.62. The van der Waals surface area contributed by atoms with Crippen molar-refractivity contribution in [1.29, 1.82) is 0 Å². The summed E-state index contributed by atoms with van der Waals surface area (Å²) in [5.41, 5.74) is 10.2. The summed E-state index contributed by atoms with van der Waals surface area (Å²) < 4.78 is 8.76. The maximum atomic E-state index is 6.37. The highest BCUT2D eigenvalue weighted by atomic mass is 32.1. The Labute approximate surface area is 325 Å². The molecule has 7 heteroatoms. The second kappa shape index (κ2) is 13.2. The Balaban J connectivity index is 0.992. The van der Waals surface area contributed by atoms with Crippen LogP contribution in [0.4, 0.5) is 0 Å². The minimum atomic E-state index is 0.635. The average molecular weight is 736 g/mol. The fraction of sp³-hybridized carbons (Fsp3) is 0. The van der Waals surface area contributed by atoms with Gasteiger partial charge in [0.1, 0.15) is 16.8 Å². The van der Waals surface area contributed by atoms with Gasteiger partial charge < -0.3 is 4.42 Å². The van der Waals surface area contributed by atoms with E-state index in [1.165, 1.54) is 14.8 Å². The highest BCUT2D eigenvalue weighted by molar-refractivity contribution is 7.26. The van der Waals surface area contributed by atoms with E-state index >= 15 is 0 Å². The predicted octanol–water partition coefficient (Wildman–Crippen LogP) is 12.9. The van der Waals surface area contributed by atoms with Gasteiger partial charge in [0.2, 0.25) is 0 Å². The Bertz CT molecular complexity index is 3180. The number of para-hydroxylation sites is 1. The lowest BCUT2D eigenvalue weighted by Gasteiger charge is -2.09. The van der Waals surface area contributed by atoms with Crippen molar-refractivity contribution in [2.45, 2.75) is 0 Å². The molecule has 0 aliphatic heterocycles. The van der Waals surface area contributed by atoms with Crippen LogP contribution >= 0.6 is 11.3 Å². The highest BCUT2D eigenvalue weighted by Crippen LogP contribution is 2.43. The van der Waals surface area contributed by atoms with Crippen LogP contribution in [0.25, 0.3) is 110 Å². The van der Waals surface area contributed by atoms with E-state index in [0.717, 1.165) is 66.5 Å². The van der Waals surface area contributed by atoms with Crippen molar-refractivity contribution in [3.05, 3.63) is 176 Å². The lowest BCUT2D eigenvalue weighted by atomic mass is 10.0. The first-order chi connectivity index (χ1) is 27.7. The summed E-state index contributed by atoms with van der Waals surface area (Å²) in [5, 5.41) is 3.30. The third-order valence-electron chi connectivity index (χ3n) is 10.2. The largest absolute Gasteiger partial charge is 0.452 e. The van der Waals surface area contributed by atoms with Gasteiger partial charge in [0.15, 0.2) is 28.9 Å². The third kappa shape index (κ3) is 5.52. The first-order valence-electron chi connectivity index (χ1n) is 18.4. The number of nitrogens with zero attached hydrogens (tertiary/aromatic N) is 5. The molecule has 6 nitrogen and oxygen atoms in total. The van der Waals surface area contributed by atoms with Crippen molar-refractivity contribution in [1.82, 2.24) is 24.9 Å². The van der Waals surface area contributed by atoms with Crippen LogP contribution in [-0.2, 0) is 0 Å². The van der Waals surface area contributed by atoms with Crippen LogP contribution in [0, 0.1) is 0 Å². The summed E-state index contributed by atoms with van der Waals surface area (Å²) in [7, 11) is 0. The molecule has 4 aromatic heterocycles. The fourth-order valence-electron chi connectivity index (χ4n) is 7.44. The summed E-state index contributed by atoms with van der Waals surface area (Å²) >= 11 is 1.79. The molecular weight excluding hydrogens is 707 g/mol. The number of thiophene rings is 1. The van der Waals surface area contributed by atoms with Crippen molar-refractivity contribution >= 4 is 53.6 Å². The molecular formula is C49H29N5OS. The smallest absolute Gasteiger partial charge is 0.180 e. The van der Waals surface area contributed by atoms with Gasteiger partial charge in [-0.1, -0.05) is 152 Å². The normalized spacial score (nSPS) is 11.6. The highest BCUT2D eigenvalue weighted by Gasteiger charge is 2.21. The van der Waals surface area contributed by atoms with Crippen molar-refractivity contribution in [2.75, 3.05) is 0 Å². The van der Waals surface area contributed by atoms with Gasteiger partial charge in [-0.05, 0) is 35.4 Å². The second-order valence-electron chi connectivity index (χ2n) is 13.6. The van der Waals surface area contributed by atoms with Crippen molar-refractivity contribution in [3.8, 4) is 67.9 Å². The first-order valence-corrected chi connectivity index (χ1v) is 19.2. The molecule has 0 radical (unpaired) electrons. The zero-order chi connectivity index (χ0) is 37.0. The Morgan fingerprint density at radius 1 is 0.375 bits per heavy atom. The van der Waals surface area contributed by atoms with Gasteiger partial charge >= 0.3 is 0 Å². The Kier molecular flexibility index (Phi) is 7.57. The number of aromatic nitrogens is 5. The molecule has 0 spiro atoms. The standard InChI is InChI=1S/C49H29N5OS/c1-4-13-31(14-5-1)43-45-44(36-19-10-11-21-39(36)55-45)51-49(50-43)38-20-12-22-40-42(38)37-28-27-35(29-41(37)56-40)30-23-25-34(26-24-30)48-53-46(32-15-6-2-7-16-32)52-47(54-48)33-17-8-3-9-18-33/h1-29H. The molecule has 0 saturated heterocycles. The van der Waals surface area contributed by atoms with E-state index in [4.69, 9.17) is 29.3 Å². The van der Waals surface area contributed by atoms with Gasteiger partial charge in [0, 0.05) is 53.4 Å². The first kappa shape index (κ1) is 32.1. The number of rotatable bonds is 6. The molecule has 0 unspecified atom stereocenters. The predicted molar refractivity (Wildman–Crippen MR) is 228 cm³/mol. The van der Waals surface area contributed by atoms with Crippen LogP contribution < -0.4 is 0 Å². The molecule has 4 heterocycles. The molecule has 11 aromatic rings. The third-order valence-corrected chi connectivity index (χ3v) is 11.3. The van der Waals surface area contributed by atoms with Crippen LogP contribution in [0.5, 0.6) is 0 Å². The molecule has 7 aromatic carbocycles. The molecule has 0 bridgehead atoms. The molecule has 262 valence electrons. The topological polar surface area (TPSA) is 77.6 Å². The number of furan rings is 1. The van der Waals surface area contributed by atoms with Gasteiger partial charge in [-0.15, -0.1) is 11.3 Å². The maximum Gasteiger partial charge on any atom is 0.180 e. The Morgan fingerprint density at radius 2 is 0.946 bits per heavy atom. The minimum absolute atomic E-state index is 0.635. The maximum absolute atomic E-state index is 6.37. The average Bonchev–Trinajstić information content (AvgIpc) is 3.85. The van der Waals surface area contributed by atoms with Gasteiger partial charge in [0.05, 0.1) is 0 Å². The molecule has 0 aliphatic carbocycles. The SMILES string of the molecule is c1ccc(-c2nc(-c3ccccc3)nc(-c3ccc(-c4ccc5c(c4)sc4cccc(-c6nc(-c7ccccc7)c7oc8ccccc8c7n6)c45)cc3)n2)cc1. The molecule has 0 amide bonds. The van der Waals surface area contributed by atoms with Gasteiger partial charge in [-0.25, -0.2) is 24.9 Å². The molecule has 0 fully saturated rings. The number of hydrogen-bond donors (Lipinski definition) is 0. The minimum Gasteiger partial charge on any atom is -0.452 e. The van der Waals surface area contributed by atoms with Crippen LogP contribution in [0.2, 0.25) is 0 Å². The summed E-state index contributed by atoms with van der Waals surface area (Å²) in [6, 6.07) is 60.0. The molecule has 0 aliphatic rings. The number of benzene rings is 7. The van der Waals surface area contributed by atoms with Crippen LogP contribution in [-0.4, -0.2) is 24.9 Å². The number of hydrogen-bond acceptors (Lipinski definition) is 7. The number of fused-ring (bicyclic) bond motifs is 6. The zero-order valence-electron chi connectivity index (χ0n) is 29.8. The van der Waals surface area contributed by atoms with Crippen molar-refractivity contribution < 1.29 is 4.42 Å². The van der Waals surface area contributed by atoms with Gasteiger partial charge in [0.25, 0.3) is 0 Å². The van der Waals surface area contributed by atoms with Crippen LogP contribution in [0.3, 0.4) is 0 Å². The monoisotopic (exact) mass is 735 g/mol. The lowest BCUT2D eigenvalue weighted by molar-refractivity contribution is 0.667. The van der Waals surface area contributed by atoms with Crippen molar-refractivity contribution in [3.63, 3.8) is 0 Å². The van der Waals surface area contributed by atoms with E-state index in [9.17, 15) is 0 Å². The molecule has 0 N–H and O–H groups in total. The van der Waals surface area contributed by atoms with E-state index in [2.05, 4.69) is 78.9 Å². The van der Waals surface area contributed by atoms with Gasteiger partial charge in [-0.3, -0.25) is 0 Å². The summed E-state index contributed by atoms with van der Waals surface area (Å²) in [4.78, 5) is 25.1. The Morgan fingerprint density at radius 3 is 1.62 bits per heavy atom. The quantitative estimate of drug-likeness (QED) is 0.169.